The van der Waals surface area contributed by atoms with E-state index in [-0.39, 0.29) is 11.7 Å². The van der Waals surface area contributed by atoms with Gasteiger partial charge in [0, 0.05) is 39.0 Å². The van der Waals surface area contributed by atoms with Gasteiger partial charge in [0.05, 0.1) is 0 Å². The first kappa shape index (κ1) is 18.6. The average Bonchev–Trinajstić information content (AvgIpc) is 2.57. The first-order valence-electron chi connectivity index (χ1n) is 7.67. The highest BCUT2D eigenvalue weighted by atomic mass is 35.5. The number of carbonyl (C=O) groups excluding carboxylic acids is 1. The topological polar surface area (TPSA) is 20.3 Å². The Kier molecular flexibility index (Phi) is 6.46. The van der Waals surface area contributed by atoms with Crippen molar-refractivity contribution < 1.29 is 9.18 Å². The van der Waals surface area contributed by atoms with Gasteiger partial charge in [-0.3, -0.25) is 4.79 Å². The number of carbonyl (C=O) groups is 1. The normalized spacial score (nSPS) is 10.5. The van der Waals surface area contributed by atoms with Crippen LogP contribution in [0, 0.1) is 5.82 Å². The molecule has 0 spiro atoms. The van der Waals surface area contributed by atoms with E-state index in [1.165, 1.54) is 23.9 Å². The summed E-state index contributed by atoms with van der Waals surface area (Å²) in [7, 11) is 0. The SMILES string of the molecule is C=C(C(=O)N(CC)CC)c1ccc(Sc2ccc(F)cc2)cc1Cl. The molecule has 126 valence electrons. The molecule has 0 saturated carbocycles. The van der Waals surface area contributed by atoms with Crippen molar-refractivity contribution in [2.45, 2.75) is 23.6 Å². The molecule has 0 unspecified atom stereocenters. The molecule has 0 N–H and O–H groups in total. The number of hydrogen-bond acceptors (Lipinski definition) is 2. The van der Waals surface area contributed by atoms with Crippen molar-refractivity contribution in [3.8, 4) is 0 Å². The van der Waals surface area contributed by atoms with E-state index in [1.807, 2.05) is 19.9 Å². The van der Waals surface area contributed by atoms with Crippen LogP contribution in [0.15, 0.2) is 58.8 Å². The van der Waals surface area contributed by atoms with Gasteiger partial charge >= 0.3 is 0 Å². The summed E-state index contributed by atoms with van der Waals surface area (Å²) in [6, 6.07) is 11.8. The molecular weight excluding hydrogens is 345 g/mol. The van der Waals surface area contributed by atoms with Gasteiger partial charge in [-0.1, -0.05) is 36.0 Å². The minimum atomic E-state index is -0.265. The van der Waals surface area contributed by atoms with Gasteiger partial charge in [0.15, 0.2) is 0 Å². The van der Waals surface area contributed by atoms with E-state index in [9.17, 15) is 9.18 Å². The van der Waals surface area contributed by atoms with Gasteiger partial charge in [0.1, 0.15) is 5.82 Å². The molecule has 0 aliphatic rings. The number of benzene rings is 2. The maximum Gasteiger partial charge on any atom is 0.253 e. The van der Waals surface area contributed by atoms with Crippen molar-refractivity contribution >= 4 is 34.8 Å². The number of halogens is 2. The van der Waals surface area contributed by atoms with E-state index in [1.54, 1.807) is 29.2 Å². The van der Waals surface area contributed by atoms with Crippen LogP contribution in [0.2, 0.25) is 5.02 Å². The fraction of sp³-hybridized carbons (Fsp3) is 0.211. The molecule has 0 saturated heterocycles. The van der Waals surface area contributed by atoms with E-state index >= 15 is 0 Å². The number of rotatable bonds is 6. The van der Waals surface area contributed by atoms with Gasteiger partial charge in [0.2, 0.25) is 0 Å². The summed E-state index contributed by atoms with van der Waals surface area (Å²) in [5, 5.41) is 0.479. The van der Waals surface area contributed by atoms with E-state index in [2.05, 4.69) is 6.58 Å². The Labute approximate surface area is 151 Å². The quantitative estimate of drug-likeness (QED) is 0.630. The van der Waals surface area contributed by atoms with Crippen LogP contribution < -0.4 is 0 Å². The summed E-state index contributed by atoms with van der Waals surface area (Å²) in [5.41, 5.74) is 1.03. The summed E-state index contributed by atoms with van der Waals surface area (Å²) < 4.78 is 13.0. The zero-order valence-corrected chi connectivity index (χ0v) is 15.3. The summed E-state index contributed by atoms with van der Waals surface area (Å²) in [6.07, 6.45) is 0. The van der Waals surface area contributed by atoms with Crippen molar-refractivity contribution in [3.05, 3.63) is 65.4 Å². The highest BCUT2D eigenvalue weighted by Gasteiger charge is 2.17. The third kappa shape index (κ3) is 4.40. The van der Waals surface area contributed by atoms with Crippen molar-refractivity contribution in [3.63, 3.8) is 0 Å². The van der Waals surface area contributed by atoms with Gasteiger partial charge in [-0.25, -0.2) is 4.39 Å². The lowest BCUT2D eigenvalue weighted by Gasteiger charge is -2.20. The number of hydrogen-bond donors (Lipinski definition) is 0. The fourth-order valence-electron chi connectivity index (χ4n) is 2.26. The standard InChI is InChI=1S/C19H19ClFNOS/c1-4-22(5-2)19(23)13(3)17-11-10-16(12-18(17)20)24-15-8-6-14(21)7-9-15/h6-12H,3-5H2,1-2H3. The predicted octanol–water partition coefficient (Wildman–Crippen LogP) is 5.51. The fourth-order valence-corrected chi connectivity index (χ4v) is 3.48. The minimum absolute atomic E-state index is 0.110. The zero-order valence-electron chi connectivity index (χ0n) is 13.7. The molecular formula is C19H19ClFNOS. The summed E-state index contributed by atoms with van der Waals surface area (Å²) >= 11 is 7.82. The first-order chi connectivity index (χ1) is 11.5. The molecule has 2 aromatic carbocycles. The van der Waals surface area contributed by atoms with E-state index in [4.69, 9.17) is 11.6 Å². The molecule has 0 fully saturated rings. The van der Waals surface area contributed by atoms with Crippen LogP contribution in [0.4, 0.5) is 4.39 Å². The first-order valence-corrected chi connectivity index (χ1v) is 8.87. The summed E-state index contributed by atoms with van der Waals surface area (Å²) in [5.74, 6) is -0.375. The van der Waals surface area contributed by atoms with Crippen molar-refractivity contribution in [1.82, 2.24) is 4.90 Å². The Bertz CT molecular complexity index is 742. The van der Waals surface area contributed by atoms with E-state index in [0.29, 0.717) is 29.2 Å². The minimum Gasteiger partial charge on any atom is -0.339 e. The molecule has 0 heterocycles. The third-order valence-electron chi connectivity index (χ3n) is 3.62. The van der Waals surface area contributed by atoms with Gasteiger partial charge < -0.3 is 4.90 Å². The zero-order chi connectivity index (χ0) is 17.7. The van der Waals surface area contributed by atoms with Gasteiger partial charge in [-0.2, -0.15) is 0 Å². The molecule has 0 aromatic heterocycles. The van der Waals surface area contributed by atoms with Crippen LogP contribution in [0.5, 0.6) is 0 Å². The molecule has 0 atom stereocenters. The van der Waals surface area contributed by atoms with Gasteiger partial charge in [-0.15, -0.1) is 0 Å². The molecule has 5 heteroatoms. The molecule has 2 rings (SSSR count). The molecule has 0 radical (unpaired) electrons. The largest absolute Gasteiger partial charge is 0.339 e. The Morgan fingerprint density at radius 2 is 1.71 bits per heavy atom. The monoisotopic (exact) mass is 363 g/mol. The molecule has 0 aliphatic heterocycles. The molecule has 0 bridgehead atoms. The number of amides is 1. The van der Waals surface area contributed by atoms with Crippen LogP contribution in [-0.4, -0.2) is 23.9 Å². The smallest absolute Gasteiger partial charge is 0.253 e. The lowest BCUT2D eigenvalue weighted by atomic mass is 10.1. The highest BCUT2D eigenvalue weighted by molar-refractivity contribution is 7.99. The van der Waals surface area contributed by atoms with Crippen molar-refractivity contribution in [2.24, 2.45) is 0 Å². The van der Waals surface area contributed by atoms with Crippen molar-refractivity contribution in [2.75, 3.05) is 13.1 Å². The Morgan fingerprint density at radius 3 is 2.25 bits per heavy atom. The van der Waals surface area contributed by atoms with Crippen LogP contribution in [0.25, 0.3) is 5.57 Å². The number of likely N-dealkylation sites (N-methyl/N-ethyl adjacent to an activating group) is 1. The Balaban J connectivity index is 2.18. The molecule has 24 heavy (non-hydrogen) atoms. The summed E-state index contributed by atoms with van der Waals surface area (Å²) in [6.45, 7) is 9.02. The van der Waals surface area contributed by atoms with Crippen LogP contribution in [-0.2, 0) is 4.79 Å². The Hall–Kier alpha value is -1.78. The average molecular weight is 364 g/mol. The van der Waals surface area contributed by atoms with Crippen molar-refractivity contribution in [1.29, 1.82) is 0 Å². The predicted molar refractivity (Wildman–Crippen MR) is 98.9 cm³/mol. The van der Waals surface area contributed by atoms with Gasteiger partial charge in [-0.05, 0) is 50.2 Å². The molecule has 1 amide bonds. The maximum atomic E-state index is 13.0. The van der Waals surface area contributed by atoms with E-state index in [0.717, 1.165) is 9.79 Å². The second kappa shape index (κ2) is 8.36. The number of nitrogens with zero attached hydrogens (tertiary/aromatic N) is 1. The summed E-state index contributed by atoms with van der Waals surface area (Å²) in [4.78, 5) is 15.9. The second-order valence-electron chi connectivity index (χ2n) is 5.15. The second-order valence-corrected chi connectivity index (χ2v) is 6.71. The maximum absolute atomic E-state index is 13.0. The molecule has 2 aromatic rings. The lowest BCUT2D eigenvalue weighted by molar-refractivity contribution is -0.124. The Morgan fingerprint density at radius 1 is 1.12 bits per heavy atom. The third-order valence-corrected chi connectivity index (χ3v) is 4.93. The highest BCUT2D eigenvalue weighted by Crippen LogP contribution is 2.33. The molecule has 0 aliphatic carbocycles. The van der Waals surface area contributed by atoms with E-state index < -0.39 is 0 Å². The van der Waals surface area contributed by atoms with Gasteiger partial charge in [0.25, 0.3) is 5.91 Å². The molecule has 2 nitrogen and oxygen atoms in total. The lowest BCUT2D eigenvalue weighted by Crippen LogP contribution is -2.30. The van der Waals surface area contributed by atoms with Crippen LogP contribution in [0.1, 0.15) is 19.4 Å². The van der Waals surface area contributed by atoms with Crippen LogP contribution in [0.3, 0.4) is 0 Å². The van der Waals surface area contributed by atoms with Crippen LogP contribution >= 0.6 is 23.4 Å².